The van der Waals surface area contributed by atoms with E-state index in [2.05, 4.69) is 60.3 Å². The van der Waals surface area contributed by atoms with Gasteiger partial charge in [0.2, 0.25) is 0 Å². The van der Waals surface area contributed by atoms with Gasteiger partial charge in [0.1, 0.15) is 5.82 Å². The summed E-state index contributed by atoms with van der Waals surface area (Å²) in [4.78, 5) is 11.7. The van der Waals surface area contributed by atoms with Crippen LogP contribution in [0.3, 0.4) is 0 Å². The third-order valence-electron chi connectivity index (χ3n) is 4.85. The van der Waals surface area contributed by atoms with Crippen LogP contribution in [0.25, 0.3) is 0 Å². The van der Waals surface area contributed by atoms with Crippen LogP contribution in [0.2, 0.25) is 0 Å². The lowest BCUT2D eigenvalue weighted by atomic mass is 10.0. The smallest absolute Gasteiger partial charge is 0.191 e. The minimum atomic E-state index is 0.285. The molecule has 0 aromatic carbocycles. The van der Waals surface area contributed by atoms with Gasteiger partial charge in [0, 0.05) is 39.0 Å². The zero-order valence-electron chi connectivity index (χ0n) is 17.5. The summed E-state index contributed by atoms with van der Waals surface area (Å²) < 4.78 is 5.82. The fourth-order valence-corrected chi connectivity index (χ4v) is 3.31. The molecular weight excluding hydrogens is 338 g/mol. The molecule has 6 nitrogen and oxygen atoms in total. The molecule has 1 atom stereocenters. The van der Waals surface area contributed by atoms with E-state index in [1.165, 1.54) is 12.8 Å². The molecule has 1 aliphatic heterocycles. The maximum absolute atomic E-state index is 5.82. The first-order valence-corrected chi connectivity index (χ1v) is 10.5. The molecule has 1 unspecified atom stereocenters. The number of aromatic nitrogens is 1. The Morgan fingerprint density at radius 3 is 2.59 bits per heavy atom. The van der Waals surface area contributed by atoms with E-state index in [9.17, 15) is 0 Å². The zero-order chi connectivity index (χ0) is 19.5. The highest BCUT2D eigenvalue weighted by Crippen LogP contribution is 2.17. The second-order valence-electron chi connectivity index (χ2n) is 7.37. The number of guanidine groups is 1. The molecule has 1 aromatic heterocycles. The maximum atomic E-state index is 5.82. The van der Waals surface area contributed by atoms with Gasteiger partial charge in [-0.2, -0.15) is 0 Å². The van der Waals surface area contributed by atoms with Crippen LogP contribution in [0, 0.1) is 5.92 Å². The molecule has 0 aliphatic carbocycles. The third kappa shape index (κ3) is 7.37. The van der Waals surface area contributed by atoms with Gasteiger partial charge in [0.15, 0.2) is 5.96 Å². The summed E-state index contributed by atoms with van der Waals surface area (Å²) in [5.74, 6) is 2.45. The first kappa shape index (κ1) is 21.5. The summed E-state index contributed by atoms with van der Waals surface area (Å²) >= 11 is 0. The molecule has 27 heavy (non-hydrogen) atoms. The topological polar surface area (TPSA) is 61.8 Å². The Bertz CT molecular complexity index is 552. The molecule has 0 radical (unpaired) electrons. The molecule has 2 heterocycles. The highest BCUT2D eigenvalue weighted by atomic mass is 16.5. The van der Waals surface area contributed by atoms with E-state index in [0.717, 1.165) is 56.5 Å². The number of hydrogen-bond acceptors (Lipinski definition) is 4. The molecule has 0 spiro atoms. The standard InChI is InChI=1S/C21H37N5O/c1-5-22-21(23-12-11-19(17(3)4)27-6-2)25-16-18-9-10-20(24-15-18)26-13-7-8-14-26/h9-10,15,17,19H,5-8,11-14,16H2,1-4H3,(H2,22,23,25). The molecule has 6 heteroatoms. The molecule has 2 N–H and O–H groups in total. The van der Waals surface area contributed by atoms with Gasteiger partial charge >= 0.3 is 0 Å². The van der Waals surface area contributed by atoms with Gasteiger partial charge in [-0.15, -0.1) is 0 Å². The fraction of sp³-hybridized carbons (Fsp3) is 0.714. The normalized spacial score (nSPS) is 16.0. The van der Waals surface area contributed by atoms with Crippen molar-refractivity contribution in [1.82, 2.24) is 15.6 Å². The summed E-state index contributed by atoms with van der Waals surface area (Å²) in [5, 5.41) is 6.73. The predicted octanol–water partition coefficient (Wildman–Crippen LogP) is 3.19. The Balaban J connectivity index is 1.84. The molecule has 1 aromatic rings. The highest BCUT2D eigenvalue weighted by Gasteiger charge is 2.14. The molecule has 2 rings (SSSR count). The third-order valence-corrected chi connectivity index (χ3v) is 4.85. The van der Waals surface area contributed by atoms with Gasteiger partial charge in [0.05, 0.1) is 12.6 Å². The molecule has 0 saturated carbocycles. The maximum Gasteiger partial charge on any atom is 0.191 e. The monoisotopic (exact) mass is 375 g/mol. The first-order valence-electron chi connectivity index (χ1n) is 10.5. The van der Waals surface area contributed by atoms with Crippen molar-refractivity contribution >= 4 is 11.8 Å². The van der Waals surface area contributed by atoms with Crippen LogP contribution < -0.4 is 15.5 Å². The minimum Gasteiger partial charge on any atom is -0.378 e. The van der Waals surface area contributed by atoms with Crippen LogP contribution in [0.5, 0.6) is 0 Å². The van der Waals surface area contributed by atoms with Crippen LogP contribution in [0.15, 0.2) is 23.3 Å². The Kier molecular flexibility index (Phi) is 9.39. The van der Waals surface area contributed by atoms with Crippen LogP contribution in [0.4, 0.5) is 5.82 Å². The summed E-state index contributed by atoms with van der Waals surface area (Å²) in [6.45, 7) is 13.9. The predicted molar refractivity (Wildman–Crippen MR) is 113 cm³/mol. The molecule has 0 amide bonds. The molecule has 152 valence electrons. The zero-order valence-corrected chi connectivity index (χ0v) is 17.5. The second-order valence-corrected chi connectivity index (χ2v) is 7.37. The summed E-state index contributed by atoms with van der Waals surface area (Å²) in [6.07, 6.45) is 5.75. The van der Waals surface area contributed by atoms with E-state index < -0.39 is 0 Å². The summed E-state index contributed by atoms with van der Waals surface area (Å²) in [7, 11) is 0. The number of aliphatic imine (C=N–C) groups is 1. The van der Waals surface area contributed by atoms with Crippen molar-refractivity contribution in [2.24, 2.45) is 10.9 Å². The SMILES string of the molecule is CCNC(=NCc1ccc(N2CCCC2)nc1)NCCC(OCC)C(C)C. The Hall–Kier alpha value is -1.82. The van der Waals surface area contributed by atoms with E-state index in [-0.39, 0.29) is 6.10 Å². The lowest BCUT2D eigenvalue weighted by molar-refractivity contribution is 0.0258. The summed E-state index contributed by atoms with van der Waals surface area (Å²) in [6, 6.07) is 4.25. The fourth-order valence-electron chi connectivity index (χ4n) is 3.31. The van der Waals surface area contributed by atoms with Gasteiger partial charge < -0.3 is 20.3 Å². The van der Waals surface area contributed by atoms with Crippen molar-refractivity contribution < 1.29 is 4.74 Å². The van der Waals surface area contributed by atoms with Crippen molar-refractivity contribution in [2.75, 3.05) is 37.7 Å². The average molecular weight is 376 g/mol. The van der Waals surface area contributed by atoms with Crippen molar-refractivity contribution in [1.29, 1.82) is 0 Å². The number of ether oxygens (including phenoxy) is 1. The van der Waals surface area contributed by atoms with E-state index in [1.807, 2.05) is 6.20 Å². The average Bonchev–Trinajstić information content (AvgIpc) is 3.20. The van der Waals surface area contributed by atoms with E-state index >= 15 is 0 Å². The second kappa shape index (κ2) is 11.8. The van der Waals surface area contributed by atoms with Gasteiger partial charge in [-0.1, -0.05) is 19.9 Å². The lowest BCUT2D eigenvalue weighted by Gasteiger charge is -2.21. The highest BCUT2D eigenvalue weighted by molar-refractivity contribution is 5.79. The number of rotatable bonds is 10. The molecular formula is C21H37N5O. The molecule has 0 bridgehead atoms. The Morgan fingerprint density at radius 2 is 2.00 bits per heavy atom. The molecule has 1 saturated heterocycles. The van der Waals surface area contributed by atoms with Crippen molar-refractivity contribution in [3.8, 4) is 0 Å². The summed E-state index contributed by atoms with van der Waals surface area (Å²) in [5.41, 5.74) is 1.13. The van der Waals surface area contributed by atoms with Crippen LogP contribution in [0.1, 0.15) is 52.5 Å². The van der Waals surface area contributed by atoms with Crippen molar-refractivity contribution in [3.63, 3.8) is 0 Å². The van der Waals surface area contributed by atoms with Crippen LogP contribution in [-0.2, 0) is 11.3 Å². The Labute approximate surface area is 164 Å². The quantitative estimate of drug-likeness (QED) is 0.486. The van der Waals surface area contributed by atoms with E-state index in [4.69, 9.17) is 9.73 Å². The molecule has 1 aliphatic rings. The van der Waals surface area contributed by atoms with Crippen LogP contribution >= 0.6 is 0 Å². The van der Waals surface area contributed by atoms with Crippen molar-refractivity contribution in [3.05, 3.63) is 23.9 Å². The molecule has 1 fully saturated rings. The number of pyridine rings is 1. The number of nitrogens with zero attached hydrogens (tertiary/aromatic N) is 3. The minimum absolute atomic E-state index is 0.285. The lowest BCUT2D eigenvalue weighted by Crippen LogP contribution is -2.39. The van der Waals surface area contributed by atoms with Gasteiger partial charge in [-0.25, -0.2) is 9.98 Å². The van der Waals surface area contributed by atoms with E-state index in [1.54, 1.807) is 0 Å². The van der Waals surface area contributed by atoms with Gasteiger partial charge in [-0.3, -0.25) is 0 Å². The van der Waals surface area contributed by atoms with Gasteiger partial charge in [0.25, 0.3) is 0 Å². The first-order chi connectivity index (χ1) is 13.1. The number of hydrogen-bond donors (Lipinski definition) is 2. The van der Waals surface area contributed by atoms with Gasteiger partial charge in [-0.05, 0) is 50.7 Å². The van der Waals surface area contributed by atoms with Crippen LogP contribution in [-0.4, -0.2) is 49.8 Å². The number of nitrogens with one attached hydrogen (secondary N) is 2. The Morgan fingerprint density at radius 1 is 1.22 bits per heavy atom. The van der Waals surface area contributed by atoms with E-state index in [0.29, 0.717) is 12.5 Å². The van der Waals surface area contributed by atoms with Crippen molar-refractivity contribution in [2.45, 2.75) is 59.6 Å². The largest absolute Gasteiger partial charge is 0.378 e. The number of anilines is 1.